The summed E-state index contributed by atoms with van der Waals surface area (Å²) in [6.45, 7) is 0.311. The maximum Gasteiger partial charge on any atom is 0.257 e. The van der Waals surface area contributed by atoms with Gasteiger partial charge in [0.15, 0.2) is 0 Å². The normalized spacial score (nSPS) is 11.1. The van der Waals surface area contributed by atoms with Gasteiger partial charge in [-0.25, -0.2) is 13.1 Å². The van der Waals surface area contributed by atoms with Gasteiger partial charge in [-0.3, -0.25) is 9.78 Å². The number of carbonyl (C=O) groups is 1. The van der Waals surface area contributed by atoms with Crippen LogP contribution in [0.5, 0.6) is 0 Å². The topological polar surface area (TPSA) is 88.2 Å². The molecule has 27 heavy (non-hydrogen) atoms. The third kappa shape index (κ3) is 5.22. The lowest BCUT2D eigenvalue weighted by molar-refractivity contribution is 0.102. The van der Waals surface area contributed by atoms with Gasteiger partial charge >= 0.3 is 0 Å². The number of pyridine rings is 1. The Morgan fingerprint density at radius 1 is 0.926 bits per heavy atom. The fourth-order valence-electron chi connectivity index (χ4n) is 2.48. The lowest BCUT2D eigenvalue weighted by Crippen LogP contribution is -2.26. The van der Waals surface area contributed by atoms with Gasteiger partial charge in [-0.05, 0) is 48.4 Å². The molecule has 6 nitrogen and oxygen atoms in total. The minimum Gasteiger partial charge on any atom is -0.322 e. The van der Waals surface area contributed by atoms with E-state index in [-0.39, 0.29) is 10.8 Å². The van der Waals surface area contributed by atoms with Crippen molar-refractivity contribution in [3.8, 4) is 0 Å². The number of hydrogen-bond donors (Lipinski definition) is 2. The van der Waals surface area contributed by atoms with Crippen molar-refractivity contribution in [2.24, 2.45) is 0 Å². The largest absolute Gasteiger partial charge is 0.322 e. The molecule has 0 aliphatic heterocycles. The van der Waals surface area contributed by atoms with Gasteiger partial charge in [-0.2, -0.15) is 0 Å². The van der Waals surface area contributed by atoms with E-state index in [2.05, 4.69) is 15.0 Å². The van der Waals surface area contributed by atoms with Crippen LogP contribution in [-0.4, -0.2) is 25.9 Å². The molecule has 138 valence electrons. The molecule has 0 radical (unpaired) electrons. The Bertz CT molecular complexity index is 990. The van der Waals surface area contributed by atoms with Crippen LogP contribution in [0.1, 0.15) is 15.9 Å². The Kier molecular flexibility index (Phi) is 5.95. The summed E-state index contributed by atoms with van der Waals surface area (Å²) in [5.41, 5.74) is 2.00. The van der Waals surface area contributed by atoms with Crippen molar-refractivity contribution < 1.29 is 13.2 Å². The van der Waals surface area contributed by atoms with Crippen LogP contribution in [0.3, 0.4) is 0 Å². The number of benzene rings is 2. The zero-order chi connectivity index (χ0) is 19.1. The molecule has 0 atom stereocenters. The molecular formula is C20H19N3O3S. The Hall–Kier alpha value is -3.03. The molecule has 2 N–H and O–H groups in total. The van der Waals surface area contributed by atoms with E-state index in [1.807, 2.05) is 30.3 Å². The number of hydrogen-bond acceptors (Lipinski definition) is 4. The molecule has 0 saturated carbocycles. The lowest BCUT2D eigenvalue weighted by atomic mass is 10.2. The number of sulfonamides is 1. The second kappa shape index (κ2) is 8.57. The maximum atomic E-state index is 12.4. The molecule has 0 aliphatic carbocycles. The van der Waals surface area contributed by atoms with Crippen LogP contribution >= 0.6 is 0 Å². The number of amides is 1. The van der Waals surface area contributed by atoms with Crippen LogP contribution in [0.4, 0.5) is 5.69 Å². The van der Waals surface area contributed by atoms with Gasteiger partial charge in [-0.1, -0.05) is 30.3 Å². The molecule has 0 saturated heterocycles. The quantitative estimate of drug-likeness (QED) is 0.659. The standard InChI is InChI=1S/C20H19N3O3S/c24-20(17-7-4-13-21-15-17)23-18-8-10-19(11-9-18)27(25,26)22-14-12-16-5-2-1-3-6-16/h1-11,13,15,22H,12,14H2,(H,23,24). The zero-order valence-corrected chi connectivity index (χ0v) is 15.3. The predicted octanol–water partition coefficient (Wildman–Crippen LogP) is 2.85. The number of nitrogens with one attached hydrogen (secondary N) is 2. The van der Waals surface area contributed by atoms with E-state index in [0.29, 0.717) is 24.2 Å². The van der Waals surface area contributed by atoms with Crippen LogP contribution in [0.25, 0.3) is 0 Å². The minimum absolute atomic E-state index is 0.148. The molecule has 0 aliphatic rings. The number of aromatic nitrogens is 1. The van der Waals surface area contributed by atoms with E-state index in [9.17, 15) is 13.2 Å². The summed E-state index contributed by atoms with van der Waals surface area (Å²) in [6, 6.07) is 19.0. The average Bonchev–Trinajstić information content (AvgIpc) is 2.70. The van der Waals surface area contributed by atoms with Crippen molar-refractivity contribution >= 4 is 21.6 Å². The molecule has 0 fully saturated rings. The summed E-state index contributed by atoms with van der Waals surface area (Å²) in [7, 11) is -3.60. The van der Waals surface area contributed by atoms with Crippen LogP contribution < -0.4 is 10.0 Å². The summed E-state index contributed by atoms with van der Waals surface area (Å²) in [5.74, 6) is -0.306. The van der Waals surface area contributed by atoms with E-state index < -0.39 is 10.0 Å². The second-order valence-corrected chi connectivity index (χ2v) is 7.62. The molecule has 1 aromatic heterocycles. The van der Waals surface area contributed by atoms with Crippen molar-refractivity contribution in [3.63, 3.8) is 0 Å². The molecule has 0 unspecified atom stereocenters. The minimum atomic E-state index is -3.60. The van der Waals surface area contributed by atoms with Crippen molar-refractivity contribution in [1.82, 2.24) is 9.71 Å². The molecule has 7 heteroatoms. The third-order valence-corrected chi connectivity index (χ3v) is 5.37. The van der Waals surface area contributed by atoms with Gasteiger partial charge in [0.1, 0.15) is 0 Å². The first-order chi connectivity index (χ1) is 13.0. The Labute approximate surface area is 158 Å². The Morgan fingerprint density at radius 2 is 1.67 bits per heavy atom. The lowest BCUT2D eigenvalue weighted by Gasteiger charge is -2.09. The summed E-state index contributed by atoms with van der Waals surface area (Å²) in [4.78, 5) is 16.1. The first-order valence-electron chi connectivity index (χ1n) is 8.40. The zero-order valence-electron chi connectivity index (χ0n) is 14.5. The number of anilines is 1. The SMILES string of the molecule is O=C(Nc1ccc(S(=O)(=O)NCCc2ccccc2)cc1)c1cccnc1. The molecule has 1 heterocycles. The summed E-state index contributed by atoms with van der Waals surface area (Å²) >= 11 is 0. The molecule has 0 spiro atoms. The van der Waals surface area contributed by atoms with Crippen molar-refractivity contribution in [2.45, 2.75) is 11.3 Å². The van der Waals surface area contributed by atoms with E-state index in [4.69, 9.17) is 0 Å². The molecule has 3 rings (SSSR count). The van der Waals surface area contributed by atoms with Crippen molar-refractivity contribution in [2.75, 3.05) is 11.9 Å². The molecular weight excluding hydrogens is 362 g/mol. The van der Waals surface area contributed by atoms with E-state index in [0.717, 1.165) is 5.56 Å². The van der Waals surface area contributed by atoms with E-state index in [1.54, 1.807) is 30.5 Å². The highest BCUT2D eigenvalue weighted by atomic mass is 32.2. The van der Waals surface area contributed by atoms with Gasteiger partial charge < -0.3 is 5.32 Å². The smallest absolute Gasteiger partial charge is 0.257 e. The first kappa shape index (κ1) is 18.8. The fraction of sp³-hybridized carbons (Fsp3) is 0.100. The van der Waals surface area contributed by atoms with Crippen LogP contribution in [0.15, 0.2) is 84.0 Å². The van der Waals surface area contributed by atoms with E-state index in [1.165, 1.54) is 18.3 Å². The molecule has 0 bridgehead atoms. The van der Waals surface area contributed by atoms with Gasteiger partial charge in [0.2, 0.25) is 10.0 Å². The predicted molar refractivity (Wildman–Crippen MR) is 104 cm³/mol. The fourth-order valence-corrected chi connectivity index (χ4v) is 3.51. The van der Waals surface area contributed by atoms with Gasteiger partial charge in [0.05, 0.1) is 10.5 Å². The number of carbonyl (C=O) groups excluding carboxylic acids is 1. The molecule has 2 aromatic carbocycles. The van der Waals surface area contributed by atoms with Crippen LogP contribution in [0.2, 0.25) is 0 Å². The van der Waals surface area contributed by atoms with Crippen molar-refractivity contribution in [1.29, 1.82) is 0 Å². The van der Waals surface area contributed by atoms with Gasteiger partial charge in [0.25, 0.3) is 5.91 Å². The second-order valence-electron chi connectivity index (χ2n) is 5.85. The highest BCUT2D eigenvalue weighted by Crippen LogP contribution is 2.15. The average molecular weight is 381 g/mol. The Morgan fingerprint density at radius 3 is 2.33 bits per heavy atom. The number of nitrogens with zero attached hydrogens (tertiary/aromatic N) is 1. The third-order valence-electron chi connectivity index (χ3n) is 3.89. The summed E-state index contributed by atoms with van der Waals surface area (Å²) in [5, 5.41) is 2.71. The highest BCUT2D eigenvalue weighted by molar-refractivity contribution is 7.89. The summed E-state index contributed by atoms with van der Waals surface area (Å²) in [6.07, 6.45) is 3.66. The summed E-state index contributed by atoms with van der Waals surface area (Å²) < 4.78 is 27.3. The monoisotopic (exact) mass is 381 g/mol. The first-order valence-corrected chi connectivity index (χ1v) is 9.88. The van der Waals surface area contributed by atoms with Gasteiger partial charge in [-0.15, -0.1) is 0 Å². The Balaban J connectivity index is 1.59. The van der Waals surface area contributed by atoms with Crippen molar-refractivity contribution in [3.05, 3.63) is 90.3 Å². The van der Waals surface area contributed by atoms with E-state index >= 15 is 0 Å². The van der Waals surface area contributed by atoms with Crippen LogP contribution in [0, 0.1) is 0 Å². The molecule has 1 amide bonds. The highest BCUT2D eigenvalue weighted by Gasteiger charge is 2.14. The number of rotatable bonds is 7. The molecule has 3 aromatic rings. The van der Waals surface area contributed by atoms with Crippen LogP contribution in [-0.2, 0) is 16.4 Å². The maximum absolute atomic E-state index is 12.4. The van der Waals surface area contributed by atoms with Gasteiger partial charge in [0, 0.05) is 24.6 Å².